The van der Waals surface area contributed by atoms with Crippen LogP contribution in [-0.4, -0.2) is 41.8 Å². The van der Waals surface area contributed by atoms with E-state index in [-0.39, 0.29) is 36.7 Å². The highest BCUT2D eigenvalue weighted by molar-refractivity contribution is 5.91. The van der Waals surface area contributed by atoms with Crippen molar-refractivity contribution in [3.8, 4) is 11.3 Å². The number of carbonyl (C=O) groups is 1. The molecule has 0 unspecified atom stereocenters. The first kappa shape index (κ1) is 21.9. The van der Waals surface area contributed by atoms with E-state index < -0.39 is 5.56 Å². The second-order valence-corrected chi connectivity index (χ2v) is 7.70. The van der Waals surface area contributed by atoms with E-state index in [2.05, 4.69) is 27.8 Å². The highest BCUT2D eigenvalue weighted by Crippen LogP contribution is 2.24. The molecule has 0 saturated carbocycles. The van der Waals surface area contributed by atoms with Crippen LogP contribution < -0.4 is 16.2 Å². The van der Waals surface area contributed by atoms with Gasteiger partial charge in [0.25, 0.3) is 5.56 Å². The Morgan fingerprint density at radius 3 is 2.50 bits per heavy atom. The van der Waals surface area contributed by atoms with E-state index in [1.54, 1.807) is 19.2 Å². The number of nitrogens with one attached hydrogen (secondary N) is 2. The van der Waals surface area contributed by atoms with Crippen LogP contribution in [0.3, 0.4) is 0 Å². The van der Waals surface area contributed by atoms with Crippen LogP contribution >= 0.6 is 0 Å². The topological polar surface area (TPSA) is 85.2 Å². The van der Waals surface area contributed by atoms with Crippen molar-refractivity contribution in [3.05, 3.63) is 82.0 Å². The molecule has 0 fully saturated rings. The van der Waals surface area contributed by atoms with E-state index in [4.69, 9.17) is 4.74 Å². The highest BCUT2D eigenvalue weighted by Gasteiger charge is 2.22. The number of anilines is 1. The molecule has 0 radical (unpaired) electrons. The smallest absolute Gasteiger partial charge is 0.294 e. The molecule has 2 aromatic carbocycles. The molecule has 7 nitrogen and oxygen atoms in total. The average molecular weight is 436 g/mol. The van der Waals surface area contributed by atoms with Gasteiger partial charge in [-0.05, 0) is 55.3 Å². The van der Waals surface area contributed by atoms with Crippen molar-refractivity contribution >= 4 is 11.7 Å². The predicted molar refractivity (Wildman–Crippen MR) is 120 cm³/mol. The third-order valence-electron chi connectivity index (χ3n) is 5.47. The van der Waals surface area contributed by atoms with Gasteiger partial charge in [-0.3, -0.25) is 9.59 Å². The fraction of sp³-hybridized carbons (Fsp3) is 0.292. The van der Waals surface area contributed by atoms with Crippen LogP contribution in [0.5, 0.6) is 0 Å². The Morgan fingerprint density at radius 2 is 1.84 bits per heavy atom. The van der Waals surface area contributed by atoms with Crippen LogP contribution in [0.15, 0.2) is 59.5 Å². The van der Waals surface area contributed by atoms with Crippen molar-refractivity contribution in [2.45, 2.75) is 25.5 Å². The summed E-state index contributed by atoms with van der Waals surface area (Å²) in [5, 5.41) is 5.27. The van der Waals surface area contributed by atoms with Gasteiger partial charge >= 0.3 is 0 Å². The molecule has 1 heterocycles. The van der Waals surface area contributed by atoms with Gasteiger partial charge in [0.2, 0.25) is 5.91 Å². The molecule has 0 bridgehead atoms. The molecule has 0 atom stereocenters. The number of hydrogen-bond acceptors (Lipinski definition) is 5. The Hall–Kier alpha value is -3.36. The minimum Gasteiger partial charge on any atom is -0.376 e. The molecule has 8 heteroatoms. The van der Waals surface area contributed by atoms with Crippen molar-refractivity contribution in [2.24, 2.45) is 0 Å². The average Bonchev–Trinajstić information content (AvgIpc) is 3.20. The summed E-state index contributed by atoms with van der Waals surface area (Å²) in [6.07, 6.45) is 3.26. The van der Waals surface area contributed by atoms with Gasteiger partial charge in [-0.25, -0.2) is 9.37 Å². The minimum atomic E-state index is -0.436. The van der Waals surface area contributed by atoms with Crippen molar-refractivity contribution in [2.75, 3.05) is 25.5 Å². The lowest BCUT2D eigenvalue weighted by atomic mass is 10.1. The summed E-state index contributed by atoms with van der Waals surface area (Å²) in [5.74, 6) is -0.779. The maximum Gasteiger partial charge on any atom is 0.294 e. The number of nitrogens with zero attached hydrogens (tertiary/aromatic N) is 2. The standard InChI is InChI=1S/C24H25FN4O3/c1-26-15-22(30)28-23-24(31)29(21(14-27-23)16-6-8-19(25)9-7-16)10-11-32-20-12-17-4-2-3-5-18(17)13-20/h2-9,14,20,26H,10-13,15H2,1H3,(H,27,28,30). The normalized spacial score (nSPS) is 13.2. The monoisotopic (exact) mass is 436 g/mol. The number of ether oxygens (including phenoxy) is 1. The van der Waals surface area contributed by atoms with Gasteiger partial charge < -0.3 is 19.9 Å². The third kappa shape index (κ3) is 4.92. The van der Waals surface area contributed by atoms with Gasteiger partial charge in [0.05, 0.1) is 31.1 Å². The molecule has 1 amide bonds. The van der Waals surface area contributed by atoms with Gasteiger partial charge in [0.15, 0.2) is 5.82 Å². The van der Waals surface area contributed by atoms with E-state index in [1.165, 1.54) is 34.0 Å². The molecule has 3 aromatic rings. The number of rotatable bonds is 8. The lowest BCUT2D eigenvalue weighted by molar-refractivity contribution is -0.115. The number of benzene rings is 2. The Bertz CT molecular complexity index is 1140. The van der Waals surface area contributed by atoms with E-state index in [1.807, 2.05) is 12.1 Å². The number of aromatic nitrogens is 2. The lowest BCUT2D eigenvalue weighted by Gasteiger charge is -2.16. The number of amides is 1. The van der Waals surface area contributed by atoms with Gasteiger partial charge in [0, 0.05) is 12.1 Å². The molecule has 32 heavy (non-hydrogen) atoms. The Balaban J connectivity index is 1.54. The number of carbonyl (C=O) groups excluding carboxylic acids is 1. The number of halogens is 1. The van der Waals surface area contributed by atoms with Crippen LogP contribution in [-0.2, 0) is 28.9 Å². The zero-order valence-electron chi connectivity index (χ0n) is 17.8. The predicted octanol–water partition coefficient (Wildman–Crippen LogP) is 2.39. The molecule has 4 rings (SSSR count). The second-order valence-electron chi connectivity index (χ2n) is 7.70. The van der Waals surface area contributed by atoms with Crippen LogP contribution in [0, 0.1) is 5.82 Å². The maximum atomic E-state index is 13.4. The van der Waals surface area contributed by atoms with E-state index in [9.17, 15) is 14.0 Å². The summed E-state index contributed by atoms with van der Waals surface area (Å²) < 4.78 is 21.0. The third-order valence-corrected chi connectivity index (χ3v) is 5.47. The van der Waals surface area contributed by atoms with Crippen molar-refractivity contribution in [1.29, 1.82) is 0 Å². The summed E-state index contributed by atoms with van der Waals surface area (Å²) >= 11 is 0. The van der Waals surface area contributed by atoms with Crippen molar-refractivity contribution < 1.29 is 13.9 Å². The largest absolute Gasteiger partial charge is 0.376 e. The van der Waals surface area contributed by atoms with Crippen LogP contribution in [0.1, 0.15) is 11.1 Å². The summed E-state index contributed by atoms with van der Waals surface area (Å²) in [6.45, 7) is 0.655. The maximum absolute atomic E-state index is 13.4. The summed E-state index contributed by atoms with van der Waals surface area (Å²) in [7, 11) is 1.64. The molecule has 0 aliphatic heterocycles. The fourth-order valence-electron chi connectivity index (χ4n) is 3.93. The molecular formula is C24H25FN4O3. The van der Waals surface area contributed by atoms with Crippen molar-refractivity contribution in [1.82, 2.24) is 14.9 Å². The van der Waals surface area contributed by atoms with Gasteiger partial charge in [-0.15, -0.1) is 0 Å². The molecule has 2 N–H and O–H groups in total. The van der Waals surface area contributed by atoms with E-state index >= 15 is 0 Å². The number of likely N-dealkylation sites (N-methyl/N-ethyl adjacent to an activating group) is 1. The fourth-order valence-corrected chi connectivity index (χ4v) is 3.93. The lowest BCUT2D eigenvalue weighted by Crippen LogP contribution is -2.33. The molecule has 0 spiro atoms. The second kappa shape index (κ2) is 9.84. The van der Waals surface area contributed by atoms with Crippen LogP contribution in [0.2, 0.25) is 0 Å². The zero-order valence-corrected chi connectivity index (χ0v) is 17.8. The Morgan fingerprint density at radius 1 is 1.16 bits per heavy atom. The molecule has 1 aromatic heterocycles. The van der Waals surface area contributed by atoms with Gasteiger partial charge in [0.1, 0.15) is 5.82 Å². The molecule has 1 aliphatic rings. The first-order valence-electron chi connectivity index (χ1n) is 10.5. The summed E-state index contributed by atoms with van der Waals surface area (Å²) in [6, 6.07) is 14.1. The quantitative estimate of drug-likeness (QED) is 0.567. The van der Waals surface area contributed by atoms with Gasteiger partial charge in [-0.2, -0.15) is 0 Å². The molecule has 1 aliphatic carbocycles. The minimum absolute atomic E-state index is 0.0515. The first-order valence-corrected chi connectivity index (χ1v) is 10.5. The number of hydrogen-bond donors (Lipinski definition) is 2. The van der Waals surface area contributed by atoms with Gasteiger partial charge in [-0.1, -0.05) is 24.3 Å². The van der Waals surface area contributed by atoms with Crippen molar-refractivity contribution in [3.63, 3.8) is 0 Å². The van der Waals surface area contributed by atoms with Crippen LogP contribution in [0.25, 0.3) is 11.3 Å². The molecular weight excluding hydrogens is 411 g/mol. The number of fused-ring (bicyclic) bond motifs is 1. The van der Waals surface area contributed by atoms with Crippen LogP contribution in [0.4, 0.5) is 10.2 Å². The molecule has 166 valence electrons. The Labute approximate surface area is 185 Å². The Kier molecular flexibility index (Phi) is 6.72. The summed E-state index contributed by atoms with van der Waals surface area (Å²) in [5.41, 5.74) is 3.33. The molecule has 0 saturated heterocycles. The van der Waals surface area contributed by atoms with E-state index in [0.717, 1.165) is 12.8 Å². The first-order chi connectivity index (χ1) is 15.5. The SMILES string of the molecule is CNCC(=O)Nc1ncc(-c2ccc(F)cc2)n(CCOC2Cc3ccccc3C2)c1=O. The summed E-state index contributed by atoms with van der Waals surface area (Å²) in [4.78, 5) is 29.2. The zero-order chi connectivity index (χ0) is 22.5. The van der Waals surface area contributed by atoms with E-state index in [0.29, 0.717) is 17.9 Å². The highest BCUT2D eigenvalue weighted by atomic mass is 19.1.